The number of halogens is 4. The van der Waals surface area contributed by atoms with Crippen LogP contribution in [0.3, 0.4) is 0 Å². The summed E-state index contributed by atoms with van der Waals surface area (Å²) in [5.41, 5.74) is -0.876. The van der Waals surface area contributed by atoms with E-state index in [-0.39, 0.29) is 23.7 Å². The van der Waals surface area contributed by atoms with Gasteiger partial charge in [0.05, 0.1) is 42.3 Å². The Morgan fingerprint density at radius 3 is 2.39 bits per heavy atom. The number of anilines is 3. The molecule has 44 heavy (non-hydrogen) atoms. The molecule has 0 saturated carbocycles. The van der Waals surface area contributed by atoms with Gasteiger partial charge >= 0.3 is 6.18 Å². The SMILES string of the molecule is C[Si](C)(C)CCOc1cc(C(F)(F)F)c(C(=O)Nc2cc(-c3cnc(N4CCOCC4)nc3)c(F)cc2N2C[CH]CC2)cn1. The number of carbonyl (C=O) groups excluding carboxylic acids is 1. The van der Waals surface area contributed by atoms with Gasteiger partial charge in [-0.3, -0.25) is 4.79 Å². The van der Waals surface area contributed by atoms with Crippen LogP contribution in [0.1, 0.15) is 22.3 Å². The van der Waals surface area contributed by atoms with Gasteiger partial charge in [-0.25, -0.2) is 19.3 Å². The zero-order valence-electron chi connectivity index (χ0n) is 24.9. The van der Waals surface area contributed by atoms with Crippen LogP contribution in [0.4, 0.5) is 34.9 Å². The second-order valence-electron chi connectivity index (χ2n) is 11.9. The Labute approximate surface area is 254 Å². The maximum Gasteiger partial charge on any atom is 0.417 e. The fraction of sp³-hybridized carbons (Fsp3) is 0.433. The molecule has 2 aliphatic rings. The predicted octanol–water partition coefficient (Wildman–Crippen LogP) is 5.92. The topological polar surface area (TPSA) is 92.7 Å². The van der Waals surface area contributed by atoms with Crippen LogP contribution in [-0.4, -0.2) is 74.9 Å². The van der Waals surface area contributed by atoms with Gasteiger partial charge in [0.1, 0.15) is 5.82 Å². The van der Waals surface area contributed by atoms with Crippen molar-refractivity contribution in [2.24, 2.45) is 0 Å². The van der Waals surface area contributed by atoms with Crippen molar-refractivity contribution >= 4 is 31.3 Å². The standard InChI is InChI=1S/C30H35F4N6O3Si/c1-44(2,3)13-12-43-27-15-23(30(32,33)34)22(19-35-27)28(41)38-25-14-21(24(31)16-26(25)39-6-4-5-7-39)20-17-36-29(37-18-20)40-8-10-42-11-9-40/h4,14-19H,5-13H2,1-3H3,(H,38,41). The number of carbonyl (C=O) groups is 1. The van der Waals surface area contributed by atoms with Gasteiger partial charge in [0.15, 0.2) is 0 Å². The molecule has 1 N–H and O–H groups in total. The molecule has 1 aromatic carbocycles. The van der Waals surface area contributed by atoms with E-state index >= 15 is 4.39 Å². The molecule has 2 aliphatic heterocycles. The maximum atomic E-state index is 15.5. The summed E-state index contributed by atoms with van der Waals surface area (Å²) in [6, 6.07) is 4.17. The predicted molar refractivity (Wildman–Crippen MR) is 162 cm³/mol. The fourth-order valence-electron chi connectivity index (χ4n) is 4.92. The summed E-state index contributed by atoms with van der Waals surface area (Å²) >= 11 is 0. The Balaban J connectivity index is 1.45. The molecular formula is C30H35F4N6O3Si. The average Bonchev–Trinajstić information content (AvgIpc) is 3.52. The lowest BCUT2D eigenvalue weighted by Crippen LogP contribution is -2.37. The van der Waals surface area contributed by atoms with E-state index in [1.807, 2.05) is 16.2 Å². The van der Waals surface area contributed by atoms with Gasteiger partial charge in [-0.15, -0.1) is 0 Å². The number of aromatic nitrogens is 3. The summed E-state index contributed by atoms with van der Waals surface area (Å²) in [6.45, 7) is 10.0. The normalized spacial score (nSPS) is 15.9. The summed E-state index contributed by atoms with van der Waals surface area (Å²) in [7, 11) is -1.48. The molecular weight excluding hydrogens is 596 g/mol. The monoisotopic (exact) mass is 631 g/mol. The third-order valence-electron chi connectivity index (χ3n) is 7.40. The maximum absolute atomic E-state index is 15.5. The third-order valence-corrected chi connectivity index (χ3v) is 9.11. The third kappa shape index (κ3) is 7.64. The Hall–Kier alpha value is -3.78. The van der Waals surface area contributed by atoms with Gasteiger partial charge in [-0.2, -0.15) is 13.2 Å². The van der Waals surface area contributed by atoms with E-state index in [1.54, 1.807) is 0 Å². The number of hydrogen-bond acceptors (Lipinski definition) is 8. The number of nitrogens with one attached hydrogen (secondary N) is 1. The average molecular weight is 632 g/mol. The van der Waals surface area contributed by atoms with Crippen LogP contribution in [0.25, 0.3) is 11.1 Å². The van der Waals surface area contributed by atoms with Crippen molar-refractivity contribution < 1.29 is 31.8 Å². The molecule has 2 fully saturated rings. The van der Waals surface area contributed by atoms with E-state index in [9.17, 15) is 18.0 Å². The molecule has 0 unspecified atom stereocenters. The van der Waals surface area contributed by atoms with Gasteiger partial charge in [-0.1, -0.05) is 19.6 Å². The molecule has 0 bridgehead atoms. The summed E-state index contributed by atoms with van der Waals surface area (Å²) in [4.78, 5) is 30.0. The van der Waals surface area contributed by atoms with Crippen molar-refractivity contribution in [1.82, 2.24) is 15.0 Å². The second-order valence-corrected chi connectivity index (χ2v) is 17.5. The Morgan fingerprint density at radius 1 is 1.02 bits per heavy atom. The first-order chi connectivity index (χ1) is 20.9. The van der Waals surface area contributed by atoms with Gasteiger partial charge in [-0.05, 0) is 31.0 Å². The van der Waals surface area contributed by atoms with E-state index < -0.39 is 37.1 Å². The highest BCUT2D eigenvalue weighted by Gasteiger charge is 2.37. The molecule has 1 amide bonds. The van der Waals surface area contributed by atoms with Crippen molar-refractivity contribution in [3.8, 4) is 17.0 Å². The first kappa shape index (κ1) is 31.6. The fourth-order valence-corrected chi connectivity index (χ4v) is 5.63. The molecule has 0 atom stereocenters. The van der Waals surface area contributed by atoms with Crippen LogP contribution < -0.4 is 19.9 Å². The first-order valence-electron chi connectivity index (χ1n) is 14.5. The van der Waals surface area contributed by atoms with Gasteiger partial charge < -0.3 is 24.6 Å². The number of hydrogen-bond donors (Lipinski definition) is 1. The van der Waals surface area contributed by atoms with Crippen LogP contribution in [0.5, 0.6) is 5.88 Å². The van der Waals surface area contributed by atoms with Crippen molar-refractivity contribution in [2.45, 2.75) is 38.3 Å². The number of ether oxygens (including phenoxy) is 2. The zero-order chi connectivity index (χ0) is 31.5. The number of morpholine rings is 1. The quantitative estimate of drug-likeness (QED) is 0.230. The molecule has 5 rings (SSSR count). The van der Waals surface area contributed by atoms with Crippen molar-refractivity contribution in [3.05, 3.63) is 60.2 Å². The van der Waals surface area contributed by atoms with Crippen LogP contribution in [0.15, 0.2) is 36.8 Å². The lowest BCUT2D eigenvalue weighted by molar-refractivity contribution is -0.138. The minimum absolute atomic E-state index is 0.0982. The molecule has 14 heteroatoms. The molecule has 0 aliphatic carbocycles. The van der Waals surface area contributed by atoms with Crippen molar-refractivity contribution in [2.75, 3.05) is 61.1 Å². The highest BCUT2D eigenvalue weighted by molar-refractivity contribution is 6.76. The number of rotatable bonds is 9. The molecule has 1 radical (unpaired) electrons. The van der Waals surface area contributed by atoms with Crippen molar-refractivity contribution in [3.63, 3.8) is 0 Å². The number of amides is 1. The number of alkyl halides is 3. The van der Waals surface area contributed by atoms with E-state index in [2.05, 4.69) is 39.9 Å². The first-order valence-corrected chi connectivity index (χ1v) is 18.2. The Morgan fingerprint density at radius 2 is 1.75 bits per heavy atom. The summed E-state index contributed by atoms with van der Waals surface area (Å²) in [6.07, 6.45) is 1.74. The molecule has 9 nitrogen and oxygen atoms in total. The number of nitrogens with zero attached hydrogens (tertiary/aromatic N) is 5. The van der Waals surface area contributed by atoms with Crippen molar-refractivity contribution in [1.29, 1.82) is 0 Å². The summed E-state index contributed by atoms with van der Waals surface area (Å²) < 4.78 is 68.8. The van der Waals surface area contributed by atoms with Crippen LogP contribution >= 0.6 is 0 Å². The summed E-state index contributed by atoms with van der Waals surface area (Å²) in [5.74, 6) is -1.33. The van der Waals surface area contributed by atoms with E-state index in [0.29, 0.717) is 56.6 Å². The molecule has 4 heterocycles. The molecule has 3 aromatic rings. The lowest BCUT2D eigenvalue weighted by atomic mass is 10.0. The van der Waals surface area contributed by atoms with Gasteiger partial charge in [0, 0.05) is 70.0 Å². The minimum atomic E-state index is -4.84. The van der Waals surface area contributed by atoms with Gasteiger partial charge in [0.2, 0.25) is 11.8 Å². The smallest absolute Gasteiger partial charge is 0.417 e. The highest BCUT2D eigenvalue weighted by Crippen LogP contribution is 2.38. The van der Waals surface area contributed by atoms with E-state index in [0.717, 1.165) is 24.7 Å². The summed E-state index contributed by atoms with van der Waals surface area (Å²) in [5, 5.41) is 2.60. The lowest BCUT2D eigenvalue weighted by Gasteiger charge is -2.26. The van der Waals surface area contributed by atoms with Crippen LogP contribution in [-0.2, 0) is 10.9 Å². The van der Waals surface area contributed by atoms with Crippen LogP contribution in [0.2, 0.25) is 25.7 Å². The number of pyridine rings is 1. The largest absolute Gasteiger partial charge is 0.478 e. The Bertz CT molecular complexity index is 1470. The molecule has 0 spiro atoms. The zero-order valence-corrected chi connectivity index (χ0v) is 25.9. The Kier molecular flexibility index (Phi) is 9.39. The molecule has 235 valence electrons. The van der Waals surface area contributed by atoms with E-state index in [4.69, 9.17) is 9.47 Å². The molecule has 2 saturated heterocycles. The minimum Gasteiger partial charge on any atom is -0.478 e. The number of benzene rings is 1. The highest BCUT2D eigenvalue weighted by atomic mass is 28.3. The van der Waals surface area contributed by atoms with Gasteiger partial charge in [0.25, 0.3) is 5.91 Å². The molecule has 2 aromatic heterocycles. The second kappa shape index (κ2) is 13.1. The van der Waals surface area contributed by atoms with E-state index in [1.165, 1.54) is 24.5 Å². The van der Waals surface area contributed by atoms with Crippen LogP contribution in [0, 0.1) is 12.2 Å².